The van der Waals surface area contributed by atoms with Crippen LogP contribution in [0.15, 0.2) is 24.3 Å². The molecule has 1 aliphatic rings. The molecule has 0 bridgehead atoms. The van der Waals surface area contributed by atoms with Gasteiger partial charge in [0.25, 0.3) is 0 Å². The van der Waals surface area contributed by atoms with Crippen LogP contribution in [-0.2, 0) is 4.79 Å². The average Bonchev–Trinajstić information content (AvgIpc) is 2.80. The average molecular weight is 560 g/mol. The molecule has 1 saturated heterocycles. The highest BCUT2D eigenvalue weighted by atomic mass is 35.5. The highest BCUT2D eigenvalue weighted by molar-refractivity contribution is 6.39. The summed E-state index contributed by atoms with van der Waals surface area (Å²) in [4.78, 5) is 21.5. The number of hydrogen-bond acceptors (Lipinski definition) is 4. The van der Waals surface area contributed by atoms with Gasteiger partial charge < -0.3 is 5.32 Å². The number of nitrogens with one attached hydrogen (secondary N) is 1. The zero-order valence-corrected chi connectivity index (χ0v) is 21.1. The van der Waals surface area contributed by atoms with Crippen LogP contribution in [0.4, 0.5) is 23.4 Å². The standard InChI is InChI=1S/C14H12ClF2N3O.C10H5Cl2F2N/c1-7-13(15)12-9(17)4-8(16)5-10(12)19-14(7)20-3-2-18-6-11(20)21;1-4-9(11)8-6(14)2-5(13)3-7(8)15-10(4)12/h4-5,18H,2-3,6H2,1H3;2-3H,1H3. The molecule has 12 heteroatoms. The van der Waals surface area contributed by atoms with Crippen LogP contribution in [-0.4, -0.2) is 35.5 Å². The van der Waals surface area contributed by atoms with E-state index in [4.69, 9.17) is 34.8 Å². The van der Waals surface area contributed by atoms with Gasteiger partial charge in [0.05, 0.1) is 38.4 Å². The van der Waals surface area contributed by atoms with Gasteiger partial charge in [0, 0.05) is 48.5 Å². The molecule has 1 fully saturated rings. The summed E-state index contributed by atoms with van der Waals surface area (Å²) in [6.07, 6.45) is 0. The van der Waals surface area contributed by atoms with Crippen LogP contribution in [0.3, 0.4) is 0 Å². The molecule has 4 aromatic rings. The number of rotatable bonds is 1. The number of fused-ring (bicyclic) bond motifs is 2. The minimum atomic E-state index is -0.760. The van der Waals surface area contributed by atoms with E-state index in [9.17, 15) is 22.4 Å². The molecule has 2 aromatic heterocycles. The van der Waals surface area contributed by atoms with Gasteiger partial charge in [0.15, 0.2) is 0 Å². The molecule has 36 heavy (non-hydrogen) atoms. The fourth-order valence-corrected chi connectivity index (χ4v) is 4.56. The van der Waals surface area contributed by atoms with E-state index in [1.165, 1.54) is 4.90 Å². The number of carbonyl (C=O) groups is 1. The maximum Gasteiger partial charge on any atom is 0.242 e. The fourth-order valence-electron chi connectivity index (χ4n) is 3.78. The Morgan fingerprint density at radius 2 is 1.36 bits per heavy atom. The van der Waals surface area contributed by atoms with Crippen LogP contribution in [0.2, 0.25) is 15.2 Å². The number of hydrogen-bond donors (Lipinski definition) is 1. The van der Waals surface area contributed by atoms with Gasteiger partial charge in [-0.3, -0.25) is 9.69 Å². The van der Waals surface area contributed by atoms with Crippen molar-refractivity contribution in [3.63, 3.8) is 0 Å². The van der Waals surface area contributed by atoms with Gasteiger partial charge in [0.2, 0.25) is 5.91 Å². The van der Waals surface area contributed by atoms with Crippen molar-refractivity contribution >= 4 is 68.3 Å². The Labute approximate surface area is 218 Å². The van der Waals surface area contributed by atoms with Crippen LogP contribution in [0.5, 0.6) is 0 Å². The summed E-state index contributed by atoms with van der Waals surface area (Å²) in [7, 11) is 0. The number of pyridine rings is 2. The van der Waals surface area contributed by atoms with E-state index in [0.29, 0.717) is 30.0 Å². The summed E-state index contributed by atoms with van der Waals surface area (Å²) in [6, 6.07) is 3.74. The maximum absolute atomic E-state index is 13.9. The van der Waals surface area contributed by atoms with Crippen molar-refractivity contribution in [1.29, 1.82) is 0 Å². The zero-order valence-electron chi connectivity index (χ0n) is 18.8. The molecule has 5 nitrogen and oxygen atoms in total. The van der Waals surface area contributed by atoms with Gasteiger partial charge >= 0.3 is 0 Å². The molecule has 1 aliphatic heterocycles. The smallest absolute Gasteiger partial charge is 0.242 e. The van der Waals surface area contributed by atoms with E-state index in [1.807, 2.05) is 0 Å². The first kappa shape index (κ1) is 26.3. The largest absolute Gasteiger partial charge is 0.307 e. The molecule has 0 aliphatic carbocycles. The molecular weight excluding hydrogens is 543 g/mol. The molecule has 2 aromatic carbocycles. The molecular formula is C24H17Cl3F4N4O. The molecule has 0 radical (unpaired) electrons. The van der Waals surface area contributed by atoms with Crippen LogP contribution >= 0.6 is 34.8 Å². The summed E-state index contributed by atoms with van der Waals surface area (Å²) in [5.74, 6) is -2.73. The number of anilines is 1. The van der Waals surface area contributed by atoms with Crippen molar-refractivity contribution in [3.05, 3.63) is 73.9 Å². The number of carbonyl (C=O) groups excluding carboxylic acids is 1. The van der Waals surface area contributed by atoms with Crippen molar-refractivity contribution in [3.8, 4) is 0 Å². The van der Waals surface area contributed by atoms with Crippen molar-refractivity contribution in [2.24, 2.45) is 0 Å². The number of aromatic nitrogens is 2. The second-order valence-electron chi connectivity index (χ2n) is 8.00. The number of benzene rings is 2. The Morgan fingerprint density at radius 3 is 1.92 bits per heavy atom. The quantitative estimate of drug-likeness (QED) is 0.213. The topological polar surface area (TPSA) is 58.1 Å². The first-order valence-corrected chi connectivity index (χ1v) is 11.7. The summed E-state index contributed by atoms with van der Waals surface area (Å²) >= 11 is 17.9. The van der Waals surface area contributed by atoms with Gasteiger partial charge in [-0.2, -0.15) is 0 Å². The molecule has 5 rings (SSSR count). The summed E-state index contributed by atoms with van der Waals surface area (Å²) < 4.78 is 53.6. The van der Waals surface area contributed by atoms with Crippen LogP contribution in [0.25, 0.3) is 21.8 Å². The highest BCUT2D eigenvalue weighted by Crippen LogP contribution is 2.35. The predicted molar refractivity (Wildman–Crippen MR) is 133 cm³/mol. The Hall–Kier alpha value is -2.72. The van der Waals surface area contributed by atoms with Crippen molar-refractivity contribution in [2.75, 3.05) is 24.5 Å². The van der Waals surface area contributed by atoms with E-state index in [2.05, 4.69) is 15.3 Å². The van der Waals surface area contributed by atoms with Crippen molar-refractivity contribution in [1.82, 2.24) is 15.3 Å². The number of halogens is 7. The molecule has 1 amide bonds. The van der Waals surface area contributed by atoms with E-state index in [1.54, 1.807) is 13.8 Å². The molecule has 0 atom stereocenters. The second-order valence-corrected chi connectivity index (χ2v) is 9.12. The molecule has 0 saturated carbocycles. The third kappa shape index (κ3) is 4.93. The van der Waals surface area contributed by atoms with Gasteiger partial charge in [-0.25, -0.2) is 27.5 Å². The third-order valence-corrected chi connectivity index (χ3v) is 6.91. The second kappa shape index (κ2) is 10.3. The first-order chi connectivity index (χ1) is 17.0. The normalized spacial score (nSPS) is 13.8. The molecule has 0 spiro atoms. The van der Waals surface area contributed by atoms with E-state index < -0.39 is 23.3 Å². The highest BCUT2D eigenvalue weighted by Gasteiger charge is 2.25. The van der Waals surface area contributed by atoms with E-state index in [-0.39, 0.29) is 49.5 Å². The molecule has 1 N–H and O–H groups in total. The minimum absolute atomic E-state index is 0.0712. The Kier molecular flexibility index (Phi) is 7.56. The third-order valence-electron chi connectivity index (χ3n) is 5.60. The van der Waals surface area contributed by atoms with Gasteiger partial charge in [-0.1, -0.05) is 34.8 Å². The molecule has 0 unspecified atom stereocenters. The van der Waals surface area contributed by atoms with Gasteiger partial charge in [-0.15, -0.1) is 0 Å². The van der Waals surface area contributed by atoms with E-state index >= 15 is 0 Å². The Morgan fingerprint density at radius 1 is 0.833 bits per heavy atom. The fraction of sp³-hybridized carbons (Fsp3) is 0.208. The number of amides is 1. The Balaban J connectivity index is 0.000000179. The minimum Gasteiger partial charge on any atom is -0.307 e. The summed E-state index contributed by atoms with van der Waals surface area (Å²) in [6.45, 7) is 4.56. The number of piperazine rings is 1. The lowest BCUT2D eigenvalue weighted by Crippen LogP contribution is -2.48. The predicted octanol–water partition coefficient (Wildman–Crippen LogP) is 6.54. The zero-order chi connectivity index (χ0) is 26.3. The lowest BCUT2D eigenvalue weighted by molar-refractivity contribution is -0.118. The van der Waals surface area contributed by atoms with Gasteiger partial charge in [-0.05, 0) is 13.8 Å². The first-order valence-electron chi connectivity index (χ1n) is 10.6. The lowest BCUT2D eigenvalue weighted by atomic mass is 10.1. The van der Waals surface area contributed by atoms with Crippen molar-refractivity contribution < 1.29 is 22.4 Å². The summed E-state index contributed by atoms with van der Waals surface area (Å²) in [5.41, 5.74) is 1.21. The SMILES string of the molecule is Cc1c(Cl)nc2cc(F)cc(F)c2c1Cl.Cc1c(N2CCNCC2=O)nc2cc(F)cc(F)c2c1Cl. The van der Waals surface area contributed by atoms with Crippen molar-refractivity contribution in [2.45, 2.75) is 13.8 Å². The Bertz CT molecular complexity index is 1530. The van der Waals surface area contributed by atoms with E-state index in [0.717, 1.165) is 24.3 Å². The molecule has 3 heterocycles. The lowest BCUT2D eigenvalue weighted by Gasteiger charge is -2.28. The van der Waals surface area contributed by atoms with Crippen LogP contribution in [0.1, 0.15) is 11.1 Å². The van der Waals surface area contributed by atoms with Crippen LogP contribution < -0.4 is 10.2 Å². The maximum atomic E-state index is 13.9. The summed E-state index contributed by atoms with van der Waals surface area (Å²) in [5, 5.41) is 3.59. The monoisotopic (exact) mass is 558 g/mol. The molecule has 188 valence electrons. The van der Waals surface area contributed by atoms with Gasteiger partial charge in [0.1, 0.15) is 34.2 Å². The van der Waals surface area contributed by atoms with Crippen LogP contribution in [0, 0.1) is 37.1 Å². The number of nitrogens with zero attached hydrogens (tertiary/aromatic N) is 3.